The van der Waals surface area contributed by atoms with Crippen molar-refractivity contribution in [3.05, 3.63) is 91.0 Å². The topological polar surface area (TPSA) is 58.2 Å². The summed E-state index contributed by atoms with van der Waals surface area (Å²) < 4.78 is 0. The molecule has 2 heterocycles. The second-order valence-electron chi connectivity index (χ2n) is 9.03. The highest BCUT2D eigenvalue weighted by Crippen LogP contribution is 2.54. The van der Waals surface area contributed by atoms with Crippen molar-refractivity contribution in [2.24, 2.45) is 5.92 Å². The third-order valence-corrected chi connectivity index (χ3v) is 8.71. The van der Waals surface area contributed by atoms with Crippen LogP contribution in [0.1, 0.15) is 41.4 Å². The molecule has 1 aliphatic carbocycles. The first-order valence-corrected chi connectivity index (χ1v) is 13.3. The van der Waals surface area contributed by atoms with Gasteiger partial charge in [0, 0.05) is 27.5 Å². The van der Waals surface area contributed by atoms with Gasteiger partial charge in [-0.05, 0) is 82.5 Å². The van der Waals surface area contributed by atoms with Crippen molar-refractivity contribution >= 4 is 58.0 Å². The summed E-state index contributed by atoms with van der Waals surface area (Å²) in [4.78, 5) is 26.3. The summed E-state index contributed by atoms with van der Waals surface area (Å²) in [5.41, 5.74) is 2.05. The van der Waals surface area contributed by atoms with E-state index in [2.05, 4.69) is 10.6 Å². The predicted molar refractivity (Wildman–Crippen MR) is 138 cm³/mol. The largest absolute Gasteiger partial charge is 0.354 e. The van der Waals surface area contributed by atoms with Gasteiger partial charge >= 0.3 is 0 Å². The van der Waals surface area contributed by atoms with Crippen molar-refractivity contribution in [1.82, 2.24) is 10.6 Å². The quantitative estimate of drug-likeness (QED) is 0.409. The van der Waals surface area contributed by atoms with Crippen LogP contribution >= 0.6 is 46.1 Å². The van der Waals surface area contributed by atoms with Crippen LogP contribution in [0.4, 0.5) is 0 Å². The fourth-order valence-electron chi connectivity index (χ4n) is 5.66. The van der Waals surface area contributed by atoms with Gasteiger partial charge in [-0.25, -0.2) is 0 Å². The number of benzene rings is 2. The summed E-state index contributed by atoms with van der Waals surface area (Å²) in [6, 6.07) is 15.3. The van der Waals surface area contributed by atoms with Crippen LogP contribution in [0.5, 0.6) is 0 Å². The third kappa shape index (κ3) is 4.35. The SMILES string of the molecule is O=C(Cc1ccsc1)N[C@@]12CC[C@@H](c3ccc(Cl)cc3Cl)[C@H](c3ccc(Cl)cc3)[C@@H]1CNC2=O. The molecule has 1 saturated carbocycles. The second kappa shape index (κ2) is 9.54. The third-order valence-electron chi connectivity index (χ3n) is 7.16. The Morgan fingerprint density at radius 1 is 1.09 bits per heavy atom. The molecule has 1 aliphatic heterocycles. The number of amides is 2. The molecule has 8 heteroatoms. The molecule has 0 radical (unpaired) electrons. The summed E-state index contributed by atoms with van der Waals surface area (Å²) >= 11 is 20.6. The Balaban J connectivity index is 1.54. The molecule has 2 fully saturated rings. The molecule has 4 atom stereocenters. The molecule has 0 unspecified atom stereocenters. The first-order chi connectivity index (χ1) is 16.4. The maximum absolute atomic E-state index is 13.3. The van der Waals surface area contributed by atoms with E-state index in [9.17, 15) is 9.59 Å². The minimum Gasteiger partial charge on any atom is -0.354 e. The van der Waals surface area contributed by atoms with Crippen molar-refractivity contribution in [2.75, 3.05) is 6.54 Å². The van der Waals surface area contributed by atoms with Crippen LogP contribution in [0.2, 0.25) is 15.1 Å². The number of fused-ring (bicyclic) bond motifs is 1. The van der Waals surface area contributed by atoms with Crippen LogP contribution in [0.3, 0.4) is 0 Å². The molecule has 34 heavy (non-hydrogen) atoms. The minimum absolute atomic E-state index is 0.0508. The molecule has 2 amide bonds. The van der Waals surface area contributed by atoms with Crippen molar-refractivity contribution in [3.63, 3.8) is 0 Å². The summed E-state index contributed by atoms with van der Waals surface area (Å²) in [5, 5.41) is 12.0. The van der Waals surface area contributed by atoms with E-state index in [1.807, 2.05) is 53.2 Å². The van der Waals surface area contributed by atoms with Gasteiger partial charge in [-0.15, -0.1) is 0 Å². The molecule has 2 N–H and O–H groups in total. The molecular formula is C26H23Cl3N2O2S. The molecule has 3 aromatic rings. The molecule has 1 saturated heterocycles. The van der Waals surface area contributed by atoms with E-state index in [0.717, 1.165) is 16.7 Å². The van der Waals surface area contributed by atoms with Crippen LogP contribution in [-0.4, -0.2) is 23.9 Å². The number of carbonyl (C=O) groups excluding carboxylic acids is 2. The Morgan fingerprint density at radius 2 is 1.85 bits per heavy atom. The smallest absolute Gasteiger partial charge is 0.246 e. The average molecular weight is 534 g/mol. The Kier molecular flexibility index (Phi) is 6.64. The molecule has 2 aromatic carbocycles. The molecule has 176 valence electrons. The van der Waals surface area contributed by atoms with Gasteiger partial charge in [0.15, 0.2) is 0 Å². The van der Waals surface area contributed by atoms with E-state index in [4.69, 9.17) is 34.8 Å². The van der Waals surface area contributed by atoms with Gasteiger partial charge in [0.1, 0.15) is 5.54 Å². The number of thiophene rings is 1. The lowest BCUT2D eigenvalue weighted by molar-refractivity contribution is -0.133. The van der Waals surface area contributed by atoms with Crippen molar-refractivity contribution in [1.29, 1.82) is 0 Å². The maximum Gasteiger partial charge on any atom is 0.246 e. The second-order valence-corrected chi connectivity index (χ2v) is 11.1. The summed E-state index contributed by atoms with van der Waals surface area (Å²) in [7, 11) is 0. The molecular weight excluding hydrogens is 511 g/mol. The fraction of sp³-hybridized carbons (Fsp3) is 0.308. The average Bonchev–Trinajstić information content (AvgIpc) is 3.42. The Hall–Kier alpha value is -2.05. The van der Waals surface area contributed by atoms with E-state index < -0.39 is 5.54 Å². The molecule has 1 aromatic heterocycles. The van der Waals surface area contributed by atoms with Gasteiger partial charge in [-0.1, -0.05) is 53.0 Å². The highest BCUT2D eigenvalue weighted by Gasteiger charge is 2.58. The van der Waals surface area contributed by atoms with Crippen LogP contribution in [-0.2, 0) is 16.0 Å². The van der Waals surface area contributed by atoms with Gasteiger partial charge in [0.05, 0.1) is 6.42 Å². The van der Waals surface area contributed by atoms with Gasteiger partial charge in [0.2, 0.25) is 11.8 Å². The van der Waals surface area contributed by atoms with Gasteiger partial charge in [-0.2, -0.15) is 11.3 Å². The van der Waals surface area contributed by atoms with E-state index >= 15 is 0 Å². The Labute approximate surface area is 217 Å². The van der Waals surface area contributed by atoms with Gasteiger partial charge in [-0.3, -0.25) is 9.59 Å². The molecule has 2 aliphatic rings. The van der Waals surface area contributed by atoms with E-state index in [-0.39, 0.29) is 36.0 Å². The number of rotatable bonds is 5. The number of hydrogen-bond donors (Lipinski definition) is 2. The van der Waals surface area contributed by atoms with Crippen molar-refractivity contribution in [2.45, 2.75) is 36.6 Å². The molecule has 4 nitrogen and oxygen atoms in total. The first-order valence-electron chi connectivity index (χ1n) is 11.2. The summed E-state index contributed by atoms with van der Waals surface area (Å²) in [6.07, 6.45) is 1.48. The van der Waals surface area contributed by atoms with Crippen LogP contribution in [0.15, 0.2) is 59.3 Å². The zero-order valence-corrected chi connectivity index (χ0v) is 21.3. The molecule has 5 rings (SSSR count). The summed E-state index contributed by atoms with van der Waals surface area (Å²) in [6.45, 7) is 0.479. The van der Waals surface area contributed by atoms with Crippen LogP contribution in [0, 0.1) is 5.92 Å². The molecule has 0 bridgehead atoms. The number of hydrogen-bond acceptors (Lipinski definition) is 3. The lowest BCUT2D eigenvalue weighted by Gasteiger charge is -2.47. The fourth-order valence-corrected chi connectivity index (χ4v) is 7.01. The van der Waals surface area contributed by atoms with E-state index in [1.165, 1.54) is 0 Å². The zero-order chi connectivity index (χ0) is 23.9. The zero-order valence-electron chi connectivity index (χ0n) is 18.2. The van der Waals surface area contributed by atoms with Gasteiger partial charge in [0.25, 0.3) is 0 Å². The number of halogens is 3. The predicted octanol–water partition coefficient (Wildman–Crippen LogP) is 6.21. The monoisotopic (exact) mass is 532 g/mol. The standard InChI is InChI=1S/C26H23Cl3N2O2S/c27-17-3-1-16(2-4-17)24-20(19-6-5-18(28)12-22(19)29)7-9-26(21(24)13-30-25(26)33)31-23(32)11-15-8-10-34-14-15/h1-6,8,10,12,14,20-21,24H,7,9,11,13H2,(H,30,33)(H,31,32)/t20-,21-,24-,26-/m0/s1. The normalized spacial score (nSPS) is 26.1. The lowest BCUT2D eigenvalue weighted by atomic mass is 9.60. The van der Waals surface area contributed by atoms with Crippen molar-refractivity contribution < 1.29 is 9.59 Å². The van der Waals surface area contributed by atoms with E-state index in [1.54, 1.807) is 17.4 Å². The minimum atomic E-state index is -0.965. The number of carbonyl (C=O) groups is 2. The maximum atomic E-state index is 13.3. The number of nitrogens with one attached hydrogen (secondary N) is 2. The van der Waals surface area contributed by atoms with Gasteiger partial charge < -0.3 is 10.6 Å². The highest BCUT2D eigenvalue weighted by molar-refractivity contribution is 7.08. The lowest BCUT2D eigenvalue weighted by Crippen LogP contribution is -2.61. The molecule has 0 spiro atoms. The Morgan fingerprint density at radius 3 is 2.56 bits per heavy atom. The first kappa shape index (κ1) is 23.7. The Bertz CT molecular complexity index is 1220. The summed E-state index contributed by atoms with van der Waals surface area (Å²) in [5.74, 6) is -0.386. The highest BCUT2D eigenvalue weighted by atomic mass is 35.5. The van der Waals surface area contributed by atoms with E-state index in [0.29, 0.717) is 34.5 Å². The van der Waals surface area contributed by atoms with Crippen LogP contribution < -0.4 is 10.6 Å². The van der Waals surface area contributed by atoms with Crippen LogP contribution in [0.25, 0.3) is 0 Å². The van der Waals surface area contributed by atoms with Crippen molar-refractivity contribution in [3.8, 4) is 0 Å².